The van der Waals surface area contributed by atoms with Crippen molar-refractivity contribution in [1.82, 2.24) is 9.91 Å². The molecule has 1 saturated heterocycles. The van der Waals surface area contributed by atoms with Crippen molar-refractivity contribution in [3.63, 3.8) is 0 Å². The lowest BCUT2D eigenvalue weighted by molar-refractivity contribution is -0.151. The molecule has 1 unspecified atom stereocenters. The highest BCUT2D eigenvalue weighted by Gasteiger charge is 2.52. The summed E-state index contributed by atoms with van der Waals surface area (Å²) >= 11 is 0. The molecule has 7 rings (SSSR count). The predicted octanol–water partition coefficient (Wildman–Crippen LogP) is 5.00. The lowest BCUT2D eigenvalue weighted by Gasteiger charge is -2.51. The molecule has 7 nitrogen and oxygen atoms in total. The van der Waals surface area contributed by atoms with Gasteiger partial charge in [0.25, 0.3) is 0 Å². The van der Waals surface area contributed by atoms with E-state index in [0.29, 0.717) is 13.2 Å². The van der Waals surface area contributed by atoms with Gasteiger partial charge in [-0.25, -0.2) is 5.01 Å². The number of hydrogen-bond donors (Lipinski definition) is 0. The van der Waals surface area contributed by atoms with Crippen LogP contribution in [0.3, 0.4) is 0 Å². The van der Waals surface area contributed by atoms with Gasteiger partial charge in [-0.1, -0.05) is 42.5 Å². The number of fused-ring (bicyclic) bond motifs is 5. The Kier molecular flexibility index (Phi) is 5.47. The van der Waals surface area contributed by atoms with E-state index < -0.39 is 5.72 Å². The quantitative estimate of drug-likeness (QED) is 0.506. The van der Waals surface area contributed by atoms with Crippen LogP contribution in [-0.4, -0.2) is 54.8 Å². The second-order valence-corrected chi connectivity index (χ2v) is 10.2. The summed E-state index contributed by atoms with van der Waals surface area (Å²) in [5.74, 6) is 3.24. The standard InChI is InChI=1S/C30H31N3O4/c1-34-27-9-5-8-23-25-19-24(22-10-11-26-28(18-22)36-17-16-35-26)31-33(25)30(37-29(23)27)12-14-32(15-13-30)20-21-6-3-2-4-7-21/h2-11,18,25H,12-17,19-20H2,1H3. The fraction of sp³-hybridized carbons (Fsp3) is 0.367. The van der Waals surface area contributed by atoms with Gasteiger partial charge in [0.15, 0.2) is 23.0 Å². The van der Waals surface area contributed by atoms with Crippen LogP contribution in [0.15, 0.2) is 71.8 Å². The van der Waals surface area contributed by atoms with Crippen LogP contribution in [0, 0.1) is 0 Å². The Hall–Kier alpha value is -3.71. The molecule has 4 aliphatic rings. The fourth-order valence-corrected chi connectivity index (χ4v) is 6.06. The van der Waals surface area contributed by atoms with Crippen LogP contribution in [0.25, 0.3) is 0 Å². The van der Waals surface area contributed by atoms with E-state index in [-0.39, 0.29) is 6.04 Å². The van der Waals surface area contributed by atoms with Gasteiger partial charge in [0.2, 0.25) is 5.72 Å². The molecular weight excluding hydrogens is 466 g/mol. The summed E-state index contributed by atoms with van der Waals surface area (Å²) in [6, 6.07) is 23.1. The summed E-state index contributed by atoms with van der Waals surface area (Å²) < 4.78 is 24.2. The third-order valence-electron chi connectivity index (χ3n) is 7.97. The third-order valence-corrected chi connectivity index (χ3v) is 7.97. The van der Waals surface area contributed by atoms with Crippen molar-refractivity contribution in [2.24, 2.45) is 5.10 Å². The number of para-hydroxylation sites is 1. The average molecular weight is 498 g/mol. The number of hydrogen-bond acceptors (Lipinski definition) is 7. The Morgan fingerprint density at radius 2 is 1.76 bits per heavy atom. The van der Waals surface area contributed by atoms with Gasteiger partial charge in [-0.05, 0) is 29.8 Å². The average Bonchev–Trinajstić information content (AvgIpc) is 3.42. The lowest BCUT2D eigenvalue weighted by Crippen LogP contribution is -2.59. The van der Waals surface area contributed by atoms with E-state index in [1.54, 1.807) is 7.11 Å². The van der Waals surface area contributed by atoms with Gasteiger partial charge in [-0.3, -0.25) is 4.90 Å². The molecule has 4 aliphatic heterocycles. The molecule has 3 aromatic rings. The van der Waals surface area contributed by atoms with E-state index in [1.165, 1.54) is 5.56 Å². The van der Waals surface area contributed by atoms with Crippen LogP contribution in [0.5, 0.6) is 23.0 Å². The highest BCUT2D eigenvalue weighted by atomic mass is 16.6. The second-order valence-electron chi connectivity index (χ2n) is 10.2. The Morgan fingerprint density at radius 3 is 2.57 bits per heavy atom. The molecule has 37 heavy (non-hydrogen) atoms. The minimum atomic E-state index is -0.505. The Morgan fingerprint density at radius 1 is 0.946 bits per heavy atom. The van der Waals surface area contributed by atoms with E-state index in [0.717, 1.165) is 78.7 Å². The van der Waals surface area contributed by atoms with Crippen LogP contribution in [-0.2, 0) is 6.54 Å². The van der Waals surface area contributed by atoms with E-state index in [9.17, 15) is 0 Å². The number of methoxy groups -OCH3 is 1. The topological polar surface area (TPSA) is 55.8 Å². The number of benzene rings is 3. The molecule has 7 heteroatoms. The summed E-state index contributed by atoms with van der Waals surface area (Å²) in [4.78, 5) is 2.51. The number of hydrazone groups is 1. The SMILES string of the molecule is COc1cccc2c1OC1(CCN(Cc3ccccc3)CC1)N1N=C(c3ccc4c(c3)OCCO4)CC21. The first-order valence-corrected chi connectivity index (χ1v) is 13.1. The molecule has 0 amide bonds. The first-order valence-electron chi connectivity index (χ1n) is 13.1. The molecule has 1 spiro atoms. The maximum absolute atomic E-state index is 6.89. The molecule has 4 heterocycles. The van der Waals surface area contributed by atoms with E-state index >= 15 is 0 Å². The fourth-order valence-electron chi connectivity index (χ4n) is 6.06. The molecule has 0 aromatic heterocycles. The normalized spacial score (nSPS) is 21.6. The summed E-state index contributed by atoms with van der Waals surface area (Å²) in [6.07, 6.45) is 2.54. The van der Waals surface area contributed by atoms with E-state index in [1.807, 2.05) is 18.2 Å². The van der Waals surface area contributed by atoms with Crippen molar-refractivity contribution < 1.29 is 18.9 Å². The van der Waals surface area contributed by atoms with Crippen LogP contribution >= 0.6 is 0 Å². The first-order chi connectivity index (χ1) is 18.2. The highest BCUT2D eigenvalue weighted by molar-refractivity contribution is 6.02. The number of rotatable bonds is 4. The highest BCUT2D eigenvalue weighted by Crippen LogP contribution is 2.53. The molecule has 190 valence electrons. The lowest BCUT2D eigenvalue weighted by atomic mass is 9.90. The molecular formula is C30H31N3O4. The second kappa shape index (κ2) is 8.99. The number of ether oxygens (including phenoxy) is 4. The predicted molar refractivity (Wildman–Crippen MR) is 140 cm³/mol. The van der Waals surface area contributed by atoms with Crippen LogP contribution < -0.4 is 18.9 Å². The van der Waals surface area contributed by atoms with Crippen LogP contribution in [0.1, 0.15) is 42.0 Å². The smallest absolute Gasteiger partial charge is 0.200 e. The minimum Gasteiger partial charge on any atom is -0.493 e. The zero-order chi connectivity index (χ0) is 24.8. The summed E-state index contributed by atoms with van der Waals surface area (Å²) in [6.45, 7) is 3.99. The molecule has 0 N–H and O–H groups in total. The third kappa shape index (κ3) is 3.89. The molecule has 0 saturated carbocycles. The van der Waals surface area contributed by atoms with E-state index in [2.05, 4.69) is 58.4 Å². The van der Waals surface area contributed by atoms with E-state index in [4.69, 9.17) is 24.0 Å². The zero-order valence-corrected chi connectivity index (χ0v) is 21.1. The molecule has 0 aliphatic carbocycles. The minimum absolute atomic E-state index is 0.0997. The Bertz CT molecular complexity index is 1330. The Balaban J connectivity index is 1.22. The van der Waals surface area contributed by atoms with Crippen molar-refractivity contribution in [2.45, 2.75) is 37.6 Å². The van der Waals surface area contributed by atoms with Crippen LogP contribution in [0.4, 0.5) is 0 Å². The van der Waals surface area contributed by atoms with Gasteiger partial charge in [-0.2, -0.15) is 5.10 Å². The number of nitrogens with zero attached hydrogens (tertiary/aromatic N) is 3. The number of piperidine rings is 1. The summed E-state index contributed by atoms with van der Waals surface area (Å²) in [7, 11) is 1.71. The van der Waals surface area contributed by atoms with Crippen molar-refractivity contribution in [3.05, 3.63) is 83.4 Å². The van der Waals surface area contributed by atoms with Crippen molar-refractivity contribution in [3.8, 4) is 23.0 Å². The maximum atomic E-state index is 6.89. The van der Waals surface area contributed by atoms with Crippen molar-refractivity contribution >= 4 is 5.71 Å². The van der Waals surface area contributed by atoms with Crippen LogP contribution in [0.2, 0.25) is 0 Å². The molecule has 1 fully saturated rings. The summed E-state index contributed by atoms with van der Waals surface area (Å²) in [5.41, 5.74) is 4.09. The van der Waals surface area contributed by atoms with Gasteiger partial charge in [0.1, 0.15) is 13.2 Å². The monoisotopic (exact) mass is 497 g/mol. The zero-order valence-electron chi connectivity index (χ0n) is 21.1. The van der Waals surface area contributed by atoms with Crippen molar-refractivity contribution in [1.29, 1.82) is 0 Å². The van der Waals surface area contributed by atoms with Crippen molar-refractivity contribution in [2.75, 3.05) is 33.4 Å². The largest absolute Gasteiger partial charge is 0.493 e. The van der Waals surface area contributed by atoms with Gasteiger partial charge < -0.3 is 18.9 Å². The van der Waals surface area contributed by atoms with Gasteiger partial charge in [0, 0.05) is 50.0 Å². The maximum Gasteiger partial charge on any atom is 0.200 e. The first kappa shape index (κ1) is 22.5. The Labute approximate surface area is 217 Å². The molecule has 0 bridgehead atoms. The molecule has 0 radical (unpaired) electrons. The van der Waals surface area contributed by atoms with Gasteiger partial charge >= 0.3 is 0 Å². The van der Waals surface area contributed by atoms with Gasteiger partial charge in [-0.15, -0.1) is 0 Å². The summed E-state index contributed by atoms with van der Waals surface area (Å²) in [5, 5.41) is 7.49. The van der Waals surface area contributed by atoms with Gasteiger partial charge in [0.05, 0.1) is 18.9 Å². The molecule has 3 aromatic carbocycles. The number of likely N-dealkylation sites (tertiary alicyclic amines) is 1. The molecule has 1 atom stereocenters.